The number of hydrogen-bond acceptors (Lipinski definition) is 22. The summed E-state index contributed by atoms with van der Waals surface area (Å²) in [5, 5.41) is 117. The normalized spacial score (nSPS) is 30.7. The number of hydrogen-bond donors (Lipinski definition) is 12. The summed E-state index contributed by atoms with van der Waals surface area (Å²) < 4.78 is 58.2. The molecular formula is C58H109O23P. The summed E-state index contributed by atoms with van der Waals surface area (Å²) in [6.45, 7) is 1.05. The van der Waals surface area contributed by atoms with E-state index in [0.29, 0.717) is 12.8 Å². The molecule has 0 bridgehead atoms. The number of ether oxygens (including phenoxy) is 6. The van der Waals surface area contributed by atoms with Crippen LogP contribution in [0.1, 0.15) is 226 Å². The first-order valence-electron chi connectivity index (χ1n) is 31.4. The average molecular weight is 1210 g/mol. The highest BCUT2D eigenvalue weighted by atomic mass is 31.2. The van der Waals surface area contributed by atoms with Crippen molar-refractivity contribution in [2.75, 3.05) is 26.4 Å². The van der Waals surface area contributed by atoms with Crippen molar-refractivity contribution in [3.8, 4) is 0 Å². The SMILES string of the molecule is CCCCCCCCCCCCCCCCCCC(=O)OC[C@H](COP(=O)(O)OC1C(O[C@@H]2OC(CO)[C@H](O)C(O)[C@@H]2O)C(O)C(O)C(O)[C@H]1O[C@H]1OC(CO)[C@@H](O)C(O)[C@H]1O)OC(=O)CCCCCCCCCCCCCCCCC. The zero-order valence-corrected chi connectivity index (χ0v) is 50.2. The fraction of sp³-hybridized carbons (Fsp3) is 0.966. The Morgan fingerprint density at radius 2 is 0.732 bits per heavy atom. The molecule has 2 saturated heterocycles. The Bertz CT molecular complexity index is 1630. The second kappa shape index (κ2) is 43.2. The third kappa shape index (κ3) is 28.1. The van der Waals surface area contributed by atoms with Crippen molar-refractivity contribution in [2.45, 2.75) is 330 Å². The van der Waals surface area contributed by atoms with Crippen LogP contribution in [0.4, 0.5) is 0 Å². The Kier molecular flexibility index (Phi) is 39.3. The molecule has 0 spiro atoms. The molecule has 2 heterocycles. The average Bonchev–Trinajstić information content (AvgIpc) is 3.64. The van der Waals surface area contributed by atoms with E-state index in [-0.39, 0.29) is 12.8 Å². The molecule has 0 radical (unpaired) electrons. The smallest absolute Gasteiger partial charge is 0.462 e. The van der Waals surface area contributed by atoms with E-state index in [1.165, 1.54) is 128 Å². The molecule has 484 valence electrons. The van der Waals surface area contributed by atoms with Gasteiger partial charge < -0.3 is 89.5 Å². The van der Waals surface area contributed by atoms with Crippen molar-refractivity contribution < 1.29 is 113 Å². The first kappa shape index (κ1) is 74.7. The first-order valence-corrected chi connectivity index (χ1v) is 32.9. The zero-order chi connectivity index (χ0) is 60.3. The van der Waals surface area contributed by atoms with Gasteiger partial charge in [-0.1, -0.05) is 200 Å². The van der Waals surface area contributed by atoms with Crippen LogP contribution in [0.2, 0.25) is 0 Å². The van der Waals surface area contributed by atoms with Crippen molar-refractivity contribution in [1.29, 1.82) is 0 Å². The number of carbonyl (C=O) groups excluding carboxylic acids is 2. The van der Waals surface area contributed by atoms with Crippen LogP contribution in [0, 0.1) is 0 Å². The van der Waals surface area contributed by atoms with Crippen molar-refractivity contribution in [1.82, 2.24) is 0 Å². The highest BCUT2D eigenvalue weighted by Gasteiger charge is 2.58. The summed E-state index contributed by atoms with van der Waals surface area (Å²) in [7, 11) is -5.63. The van der Waals surface area contributed by atoms with Gasteiger partial charge in [-0.15, -0.1) is 0 Å². The molecular weight excluding hydrogens is 1100 g/mol. The molecule has 3 aliphatic rings. The van der Waals surface area contributed by atoms with Gasteiger partial charge in [-0.2, -0.15) is 0 Å². The summed E-state index contributed by atoms with van der Waals surface area (Å²) in [6.07, 6.45) is 0.657. The van der Waals surface area contributed by atoms with E-state index in [1.807, 2.05) is 0 Å². The minimum Gasteiger partial charge on any atom is -0.462 e. The van der Waals surface area contributed by atoms with Crippen LogP contribution in [-0.4, -0.2) is 204 Å². The number of unbranched alkanes of at least 4 members (excludes halogenated alkanes) is 29. The molecule has 18 atom stereocenters. The Hall–Kier alpha value is -1.55. The quantitative estimate of drug-likeness (QED) is 0.0208. The Balaban J connectivity index is 1.66. The summed E-state index contributed by atoms with van der Waals surface area (Å²) in [6, 6.07) is 0. The van der Waals surface area contributed by atoms with Crippen LogP contribution < -0.4 is 0 Å². The lowest BCUT2D eigenvalue weighted by Gasteiger charge is -2.49. The van der Waals surface area contributed by atoms with Crippen molar-refractivity contribution in [3.63, 3.8) is 0 Å². The third-order valence-corrected chi connectivity index (χ3v) is 16.9. The van der Waals surface area contributed by atoms with Crippen LogP contribution in [0.5, 0.6) is 0 Å². The number of phosphoric acid groups is 1. The molecule has 2 aliphatic heterocycles. The van der Waals surface area contributed by atoms with Crippen LogP contribution in [-0.2, 0) is 51.6 Å². The first-order chi connectivity index (χ1) is 39.4. The van der Waals surface area contributed by atoms with E-state index in [9.17, 15) is 75.2 Å². The fourth-order valence-corrected chi connectivity index (χ4v) is 11.7. The zero-order valence-electron chi connectivity index (χ0n) is 49.3. The van der Waals surface area contributed by atoms with Gasteiger partial charge in [0, 0.05) is 12.8 Å². The fourth-order valence-electron chi connectivity index (χ4n) is 10.7. The van der Waals surface area contributed by atoms with Crippen LogP contribution >= 0.6 is 7.82 Å². The number of phosphoric ester groups is 1. The molecule has 82 heavy (non-hydrogen) atoms. The summed E-state index contributed by atoms with van der Waals surface area (Å²) >= 11 is 0. The Morgan fingerprint density at radius 1 is 0.415 bits per heavy atom. The van der Waals surface area contributed by atoms with Crippen LogP contribution in [0.15, 0.2) is 0 Å². The van der Waals surface area contributed by atoms with E-state index in [4.69, 9.17) is 37.5 Å². The summed E-state index contributed by atoms with van der Waals surface area (Å²) in [5.41, 5.74) is 0. The standard InChI is InChI=1S/C58H109O23P/c1-3-5-7-9-11-13-15-17-19-21-22-24-26-28-30-32-34-43(61)74-38-40(76-44(62)35-33-31-29-27-25-23-20-18-16-14-12-10-8-6-4-2)39-75-82(72,73)81-56-54(79-57-52(70)47(65)45(63)41(36-59)77-57)50(68)49(67)51(69)55(56)80-58-53(71)48(66)46(64)42(37-60)78-58/h40-42,45-60,63-71H,3-39H2,1-2H3,(H,72,73)/t40-,41?,42?,45-,46+,47?,48?,49?,50?,51?,52-,53+,54-,55?,56?,57-,58+/m1/s1. The van der Waals surface area contributed by atoms with Gasteiger partial charge in [0.15, 0.2) is 18.7 Å². The van der Waals surface area contributed by atoms with E-state index in [0.717, 1.165) is 57.8 Å². The second-order valence-electron chi connectivity index (χ2n) is 23.0. The molecule has 1 aliphatic carbocycles. The van der Waals surface area contributed by atoms with Crippen molar-refractivity contribution in [2.24, 2.45) is 0 Å². The van der Waals surface area contributed by atoms with Crippen molar-refractivity contribution >= 4 is 19.8 Å². The van der Waals surface area contributed by atoms with E-state index < -0.39 is 150 Å². The largest absolute Gasteiger partial charge is 0.472 e. The maximum atomic E-state index is 14.1. The minimum absolute atomic E-state index is 0.0245. The van der Waals surface area contributed by atoms with Gasteiger partial charge in [0.25, 0.3) is 0 Å². The topological polar surface area (TPSA) is 368 Å². The maximum absolute atomic E-state index is 14.1. The third-order valence-electron chi connectivity index (χ3n) is 15.9. The molecule has 24 heteroatoms. The van der Waals surface area contributed by atoms with Gasteiger partial charge in [0.1, 0.15) is 92.1 Å². The van der Waals surface area contributed by atoms with E-state index in [2.05, 4.69) is 13.8 Å². The molecule has 0 aromatic rings. The lowest BCUT2D eigenvalue weighted by molar-refractivity contribution is -0.360. The van der Waals surface area contributed by atoms with Crippen LogP contribution in [0.3, 0.4) is 0 Å². The molecule has 23 nitrogen and oxygen atoms in total. The minimum atomic E-state index is -5.63. The lowest BCUT2D eigenvalue weighted by atomic mass is 9.84. The van der Waals surface area contributed by atoms with E-state index >= 15 is 0 Å². The molecule has 12 N–H and O–H groups in total. The predicted molar refractivity (Wildman–Crippen MR) is 300 cm³/mol. The number of esters is 2. The molecule has 10 unspecified atom stereocenters. The highest BCUT2D eigenvalue weighted by molar-refractivity contribution is 7.47. The monoisotopic (exact) mass is 1200 g/mol. The predicted octanol–water partition coefficient (Wildman–Crippen LogP) is 5.32. The van der Waals surface area contributed by atoms with Gasteiger partial charge in [0.2, 0.25) is 0 Å². The van der Waals surface area contributed by atoms with Gasteiger partial charge >= 0.3 is 19.8 Å². The molecule has 0 amide bonds. The molecule has 0 aromatic carbocycles. The number of carbonyl (C=O) groups is 2. The molecule has 3 fully saturated rings. The summed E-state index contributed by atoms with van der Waals surface area (Å²) in [5.74, 6) is -1.32. The lowest BCUT2D eigenvalue weighted by Crippen LogP contribution is -2.69. The van der Waals surface area contributed by atoms with Crippen molar-refractivity contribution in [3.05, 3.63) is 0 Å². The molecule has 1 saturated carbocycles. The van der Waals surface area contributed by atoms with Crippen LogP contribution in [0.25, 0.3) is 0 Å². The Labute approximate surface area is 487 Å². The Morgan fingerprint density at radius 3 is 1.07 bits per heavy atom. The molecule has 0 aromatic heterocycles. The highest BCUT2D eigenvalue weighted by Crippen LogP contribution is 2.49. The maximum Gasteiger partial charge on any atom is 0.472 e. The molecule has 3 rings (SSSR count). The van der Waals surface area contributed by atoms with Gasteiger partial charge in [0.05, 0.1) is 19.8 Å². The van der Waals surface area contributed by atoms with Gasteiger partial charge in [-0.25, -0.2) is 4.57 Å². The number of aliphatic hydroxyl groups is 11. The number of aliphatic hydroxyl groups excluding tert-OH is 11. The second-order valence-corrected chi connectivity index (χ2v) is 24.4. The van der Waals surface area contributed by atoms with Gasteiger partial charge in [-0.05, 0) is 12.8 Å². The number of rotatable bonds is 47. The van der Waals surface area contributed by atoms with Gasteiger partial charge in [-0.3, -0.25) is 18.6 Å². The summed E-state index contributed by atoms with van der Waals surface area (Å²) in [4.78, 5) is 37.6. The van der Waals surface area contributed by atoms with E-state index in [1.54, 1.807) is 0 Å².